The maximum absolute atomic E-state index is 10.1. The zero-order valence-corrected chi connectivity index (χ0v) is 15.8. The summed E-state index contributed by atoms with van der Waals surface area (Å²) in [7, 11) is 4.36. The van der Waals surface area contributed by atoms with Crippen molar-refractivity contribution >= 4 is 14.9 Å². The molecule has 0 aliphatic carbocycles. The number of carbonyl (C=O) groups is 1. The largest absolute Gasteiger partial charge is 0.507 e. The second-order valence-electron chi connectivity index (χ2n) is 4.41. The highest BCUT2D eigenvalue weighted by Gasteiger charge is 2.01. The molecule has 0 bridgehead atoms. The second kappa shape index (κ2) is 19.1. The van der Waals surface area contributed by atoms with E-state index in [0.29, 0.717) is 11.8 Å². The summed E-state index contributed by atoms with van der Waals surface area (Å²) in [5.74, 6) is 0.913. The number of phenols is 1. The molecule has 1 N–H and O–H groups in total. The number of hydrogen-bond acceptors (Lipinski definition) is 3. The minimum atomic E-state index is 0.0347. The highest BCUT2D eigenvalue weighted by Crippen LogP contribution is 2.20. The molecule has 1 aromatic rings. The molecule has 0 saturated carbocycles. The molecule has 0 amide bonds. The van der Waals surface area contributed by atoms with Crippen LogP contribution in [0, 0.1) is 5.92 Å². The summed E-state index contributed by atoms with van der Waals surface area (Å²) >= 11 is 0. The van der Waals surface area contributed by atoms with Gasteiger partial charge in [0, 0.05) is 14.2 Å². The normalized spacial score (nSPS) is 10.5. The van der Waals surface area contributed by atoms with Crippen LogP contribution < -0.4 is 0 Å². The summed E-state index contributed by atoms with van der Waals surface area (Å²) < 4.78 is 4.25. The molecule has 1 aromatic carbocycles. The lowest BCUT2D eigenvalue weighted by molar-refractivity contribution is 0.112. The lowest BCUT2D eigenvalue weighted by atomic mass is 10.2. The van der Waals surface area contributed by atoms with Crippen molar-refractivity contribution < 1.29 is 14.6 Å². The Morgan fingerprint density at radius 1 is 1.14 bits per heavy atom. The number of para-hydroxylation sites is 1. The lowest BCUT2D eigenvalue weighted by Gasteiger charge is -2.10. The quantitative estimate of drug-likeness (QED) is 0.641. The monoisotopic (exact) mass is 316 g/mol. The average molecular weight is 316 g/mol. The van der Waals surface area contributed by atoms with Crippen molar-refractivity contribution in [2.75, 3.05) is 20.9 Å². The number of methoxy groups -OCH3 is 1. The van der Waals surface area contributed by atoms with Gasteiger partial charge in [0.25, 0.3) is 0 Å². The van der Waals surface area contributed by atoms with Crippen LogP contribution in [0.4, 0.5) is 0 Å². The minimum absolute atomic E-state index is 0.0347. The summed E-state index contributed by atoms with van der Waals surface area (Å²) in [5.41, 5.74) is 1.26. The number of phenolic OH excluding ortho intramolecular Hbond substituents is 1. The Kier molecular flexibility index (Phi) is 22.8. The Morgan fingerprint density at radius 2 is 1.57 bits per heavy atom. The number of ether oxygens (including phenoxy) is 1. The average Bonchev–Trinajstić information content (AvgIpc) is 2.50. The van der Waals surface area contributed by atoms with Gasteiger partial charge in [-0.25, -0.2) is 0 Å². The molecule has 0 saturated heterocycles. The van der Waals surface area contributed by atoms with E-state index >= 15 is 0 Å². The topological polar surface area (TPSA) is 46.5 Å². The predicted octanol–water partition coefficient (Wildman–Crippen LogP) is 4.83. The van der Waals surface area contributed by atoms with Crippen LogP contribution in [0.15, 0.2) is 24.3 Å². The van der Waals surface area contributed by atoms with Crippen LogP contribution in [0.25, 0.3) is 0 Å². The third kappa shape index (κ3) is 17.0. The van der Waals surface area contributed by atoms with E-state index in [-0.39, 0.29) is 5.75 Å². The molecule has 4 heteroatoms. The molecule has 0 fully saturated rings. The van der Waals surface area contributed by atoms with Gasteiger partial charge in [-0.1, -0.05) is 46.8 Å². The third-order valence-electron chi connectivity index (χ3n) is 2.52. The lowest BCUT2D eigenvalue weighted by Crippen LogP contribution is -2.01. The molecule has 2 atom stereocenters. The van der Waals surface area contributed by atoms with Crippen molar-refractivity contribution in [3.05, 3.63) is 29.8 Å². The molecule has 3 nitrogen and oxygen atoms in total. The number of aldehydes is 1. The number of rotatable bonds is 3. The van der Waals surface area contributed by atoms with Gasteiger partial charge in [0.1, 0.15) is 5.75 Å². The highest BCUT2D eigenvalue weighted by atomic mass is 31.1. The molecule has 124 valence electrons. The van der Waals surface area contributed by atoms with Crippen molar-refractivity contribution in [3.63, 3.8) is 0 Å². The van der Waals surface area contributed by atoms with Crippen LogP contribution in [0.1, 0.15) is 45.0 Å². The molecule has 0 aromatic heterocycles. The van der Waals surface area contributed by atoms with E-state index < -0.39 is 0 Å². The fraction of sp³-hybridized carbons (Fsp3) is 0.588. The molecule has 2 unspecified atom stereocenters. The van der Waals surface area contributed by atoms with Gasteiger partial charge < -0.3 is 9.84 Å². The van der Waals surface area contributed by atoms with Crippen LogP contribution in [0.2, 0.25) is 0 Å². The van der Waals surface area contributed by atoms with Crippen LogP contribution in [-0.4, -0.2) is 37.9 Å². The SMILES string of the molecule is CC.COC.CPC(C)C(C)C.O=Cc1ccccc1O. The first-order chi connectivity index (χ1) is 9.94. The Bertz CT molecular complexity index is 328. The molecule has 0 radical (unpaired) electrons. The maximum Gasteiger partial charge on any atom is 0.153 e. The molecular weight excluding hydrogens is 283 g/mol. The van der Waals surface area contributed by atoms with Gasteiger partial charge >= 0.3 is 0 Å². The predicted molar refractivity (Wildman–Crippen MR) is 96.3 cm³/mol. The minimum Gasteiger partial charge on any atom is -0.507 e. The summed E-state index contributed by atoms with van der Waals surface area (Å²) in [6, 6.07) is 6.40. The molecule has 21 heavy (non-hydrogen) atoms. The second-order valence-corrected chi connectivity index (χ2v) is 5.89. The number of aromatic hydroxyl groups is 1. The van der Waals surface area contributed by atoms with E-state index in [1.807, 2.05) is 13.8 Å². The van der Waals surface area contributed by atoms with Crippen molar-refractivity contribution in [3.8, 4) is 5.75 Å². The maximum atomic E-state index is 10.1. The summed E-state index contributed by atoms with van der Waals surface area (Å²) in [6.07, 6.45) is 0.620. The molecule has 0 spiro atoms. The molecule has 0 aliphatic rings. The van der Waals surface area contributed by atoms with Crippen molar-refractivity contribution in [2.45, 2.75) is 40.3 Å². The molecular formula is C17H33O3P. The molecule has 0 aliphatic heterocycles. The first-order valence-electron chi connectivity index (χ1n) is 7.25. The summed E-state index contributed by atoms with van der Waals surface area (Å²) in [5, 5.41) is 8.88. The fourth-order valence-corrected chi connectivity index (χ4v) is 1.59. The van der Waals surface area contributed by atoms with E-state index in [2.05, 4.69) is 32.2 Å². The van der Waals surface area contributed by atoms with Gasteiger partial charge in [-0.3, -0.25) is 4.79 Å². The van der Waals surface area contributed by atoms with Crippen LogP contribution >= 0.6 is 8.58 Å². The fourth-order valence-electron chi connectivity index (χ4n) is 0.921. The zero-order chi connectivity index (χ0) is 17.3. The van der Waals surface area contributed by atoms with E-state index in [9.17, 15) is 4.79 Å². The molecule has 0 heterocycles. The number of benzene rings is 1. The smallest absolute Gasteiger partial charge is 0.153 e. The van der Waals surface area contributed by atoms with Crippen molar-refractivity contribution in [1.82, 2.24) is 0 Å². The first-order valence-corrected chi connectivity index (χ1v) is 8.82. The Balaban J connectivity index is -0.000000242. The number of hydrogen-bond donors (Lipinski definition) is 1. The third-order valence-corrected chi connectivity index (χ3v) is 4.10. The van der Waals surface area contributed by atoms with Gasteiger partial charge in [-0.05, 0) is 30.4 Å². The summed E-state index contributed by atoms with van der Waals surface area (Å²) in [6.45, 7) is 13.1. The highest BCUT2D eigenvalue weighted by molar-refractivity contribution is 7.37. The van der Waals surface area contributed by atoms with Gasteiger partial charge in [0.15, 0.2) is 6.29 Å². The van der Waals surface area contributed by atoms with Crippen molar-refractivity contribution in [1.29, 1.82) is 0 Å². The Hall–Kier alpha value is -0.920. The molecule has 1 rings (SSSR count). The van der Waals surface area contributed by atoms with Crippen LogP contribution in [-0.2, 0) is 4.74 Å². The van der Waals surface area contributed by atoms with Gasteiger partial charge in [-0.15, -0.1) is 8.58 Å². The van der Waals surface area contributed by atoms with E-state index in [1.165, 1.54) is 6.07 Å². The van der Waals surface area contributed by atoms with Gasteiger partial charge in [0.2, 0.25) is 0 Å². The van der Waals surface area contributed by atoms with E-state index in [4.69, 9.17) is 5.11 Å². The summed E-state index contributed by atoms with van der Waals surface area (Å²) in [4.78, 5) is 10.1. The first kappa shape index (κ1) is 25.1. The van der Waals surface area contributed by atoms with Crippen LogP contribution in [0.5, 0.6) is 5.75 Å². The zero-order valence-electron chi connectivity index (χ0n) is 14.8. The number of carbonyl (C=O) groups excluding carboxylic acids is 1. The van der Waals surface area contributed by atoms with Gasteiger partial charge in [-0.2, -0.15) is 0 Å². The standard InChI is InChI=1S/C7H6O2.C6H15P.C2H6O.C2H6/c8-5-6-3-1-2-4-7(6)9;1-5(2)6(3)7-4;1-3-2;1-2/h1-5,9H;5-7H,1-4H3;1-2H3;1-2H3. The van der Waals surface area contributed by atoms with Crippen molar-refractivity contribution in [2.24, 2.45) is 5.92 Å². The Morgan fingerprint density at radius 3 is 1.76 bits per heavy atom. The van der Waals surface area contributed by atoms with Gasteiger partial charge in [0.05, 0.1) is 5.56 Å². The van der Waals surface area contributed by atoms with Crippen LogP contribution in [0.3, 0.4) is 0 Å². The van der Waals surface area contributed by atoms with E-state index in [0.717, 1.165) is 20.2 Å². The van der Waals surface area contributed by atoms with E-state index in [1.54, 1.807) is 32.4 Å². The Labute approximate surface area is 132 Å².